The summed E-state index contributed by atoms with van der Waals surface area (Å²) in [5, 5.41) is 20.1. The van der Waals surface area contributed by atoms with E-state index in [4.69, 9.17) is 15.9 Å². The van der Waals surface area contributed by atoms with Crippen molar-refractivity contribution in [1.29, 1.82) is 0 Å². The molecule has 1 rings (SSSR count). The molecule has 1 heterocycles. The smallest absolute Gasteiger partial charge is 0.338 e. The third-order valence-electron chi connectivity index (χ3n) is 2.04. The van der Waals surface area contributed by atoms with Gasteiger partial charge in [-0.25, -0.2) is 4.79 Å². The minimum atomic E-state index is -1.54. The number of aromatic nitrogens is 1. The molecule has 2 amide bonds. The molecule has 0 aliphatic heterocycles. The molecule has 0 spiro atoms. The SMILES string of the molecule is NC(=O)C(O)CNC(=O)c1ncccc1C(=O)O. The van der Waals surface area contributed by atoms with Gasteiger partial charge in [0, 0.05) is 6.20 Å². The van der Waals surface area contributed by atoms with Crippen molar-refractivity contribution in [1.82, 2.24) is 10.3 Å². The van der Waals surface area contributed by atoms with Gasteiger partial charge in [0.25, 0.3) is 5.91 Å². The molecule has 8 heteroatoms. The Morgan fingerprint density at radius 2 is 2.11 bits per heavy atom. The lowest BCUT2D eigenvalue weighted by Gasteiger charge is -2.09. The molecule has 8 nitrogen and oxygen atoms in total. The summed E-state index contributed by atoms with van der Waals surface area (Å²) in [5.74, 6) is -3.10. The summed E-state index contributed by atoms with van der Waals surface area (Å²) in [6.45, 7) is -0.413. The molecule has 0 saturated heterocycles. The highest BCUT2D eigenvalue weighted by molar-refractivity contribution is 6.03. The standard InChI is InChI=1S/C10H11N3O5/c11-8(15)6(14)4-13-9(16)7-5(10(17)18)2-1-3-12-7/h1-3,6,14H,4H2,(H2,11,15)(H,13,16)(H,17,18). The van der Waals surface area contributed by atoms with Gasteiger partial charge in [0.15, 0.2) is 0 Å². The molecule has 0 aromatic carbocycles. The molecule has 96 valence electrons. The van der Waals surface area contributed by atoms with Gasteiger partial charge >= 0.3 is 5.97 Å². The summed E-state index contributed by atoms with van der Waals surface area (Å²) >= 11 is 0. The van der Waals surface area contributed by atoms with Crippen molar-refractivity contribution in [2.24, 2.45) is 5.73 Å². The van der Waals surface area contributed by atoms with E-state index in [1.165, 1.54) is 18.3 Å². The highest BCUT2D eigenvalue weighted by Gasteiger charge is 2.19. The predicted octanol–water partition coefficient (Wildman–Crippen LogP) is -1.64. The summed E-state index contributed by atoms with van der Waals surface area (Å²) in [7, 11) is 0. The van der Waals surface area contributed by atoms with Crippen LogP contribution in [-0.4, -0.2) is 45.6 Å². The molecule has 0 aliphatic carbocycles. The molecule has 0 fully saturated rings. The van der Waals surface area contributed by atoms with Crippen LogP contribution in [0.15, 0.2) is 18.3 Å². The number of rotatable bonds is 5. The third-order valence-corrected chi connectivity index (χ3v) is 2.04. The van der Waals surface area contributed by atoms with Crippen LogP contribution in [-0.2, 0) is 4.79 Å². The van der Waals surface area contributed by atoms with E-state index in [9.17, 15) is 14.4 Å². The molecule has 0 radical (unpaired) electrons. The first-order valence-corrected chi connectivity index (χ1v) is 4.87. The zero-order valence-corrected chi connectivity index (χ0v) is 9.16. The lowest BCUT2D eigenvalue weighted by atomic mass is 10.2. The number of hydrogen-bond donors (Lipinski definition) is 4. The lowest BCUT2D eigenvalue weighted by Crippen LogP contribution is -2.40. The summed E-state index contributed by atoms with van der Waals surface area (Å²) in [6, 6.07) is 2.59. The van der Waals surface area contributed by atoms with Crippen molar-refractivity contribution < 1.29 is 24.6 Å². The lowest BCUT2D eigenvalue weighted by molar-refractivity contribution is -0.125. The van der Waals surface area contributed by atoms with E-state index in [-0.39, 0.29) is 11.3 Å². The van der Waals surface area contributed by atoms with Crippen molar-refractivity contribution in [3.8, 4) is 0 Å². The number of primary amides is 1. The minimum absolute atomic E-state index is 0.274. The van der Waals surface area contributed by atoms with Gasteiger partial charge in [-0.3, -0.25) is 14.6 Å². The molecule has 0 aliphatic rings. The van der Waals surface area contributed by atoms with Gasteiger partial charge in [0.05, 0.1) is 12.1 Å². The van der Waals surface area contributed by atoms with Crippen molar-refractivity contribution in [2.45, 2.75) is 6.10 Å². The first-order chi connectivity index (χ1) is 8.43. The second kappa shape index (κ2) is 5.73. The fourth-order valence-corrected chi connectivity index (χ4v) is 1.13. The van der Waals surface area contributed by atoms with Crippen molar-refractivity contribution in [2.75, 3.05) is 6.54 Å². The van der Waals surface area contributed by atoms with Crippen LogP contribution in [0.1, 0.15) is 20.8 Å². The van der Waals surface area contributed by atoms with Gasteiger partial charge in [0.2, 0.25) is 5.91 Å². The maximum atomic E-state index is 11.6. The number of amides is 2. The van der Waals surface area contributed by atoms with E-state index in [1.807, 2.05) is 0 Å². The number of nitrogens with two attached hydrogens (primary N) is 1. The Labute approximate surface area is 101 Å². The number of aliphatic hydroxyl groups excluding tert-OH is 1. The average Bonchev–Trinajstić information content (AvgIpc) is 2.35. The van der Waals surface area contributed by atoms with Gasteiger partial charge < -0.3 is 21.3 Å². The van der Waals surface area contributed by atoms with Crippen molar-refractivity contribution >= 4 is 17.8 Å². The van der Waals surface area contributed by atoms with Crippen LogP contribution in [0.5, 0.6) is 0 Å². The zero-order chi connectivity index (χ0) is 13.7. The Kier molecular flexibility index (Phi) is 4.33. The molecule has 0 saturated carbocycles. The highest BCUT2D eigenvalue weighted by Crippen LogP contribution is 2.04. The number of aromatic carboxylic acids is 1. The van der Waals surface area contributed by atoms with E-state index < -0.39 is 30.4 Å². The normalized spacial score (nSPS) is 11.6. The first kappa shape index (κ1) is 13.6. The second-order valence-electron chi connectivity index (χ2n) is 3.33. The topological polar surface area (TPSA) is 143 Å². The fourth-order valence-electron chi connectivity index (χ4n) is 1.13. The molecule has 18 heavy (non-hydrogen) atoms. The molecule has 1 unspecified atom stereocenters. The third kappa shape index (κ3) is 3.25. The molecule has 1 atom stereocenters. The number of pyridine rings is 1. The van der Waals surface area contributed by atoms with Crippen LogP contribution in [0.2, 0.25) is 0 Å². The molecular formula is C10H11N3O5. The van der Waals surface area contributed by atoms with Crippen LogP contribution in [0.25, 0.3) is 0 Å². The molecule has 1 aromatic heterocycles. The van der Waals surface area contributed by atoms with Crippen LogP contribution in [0, 0.1) is 0 Å². The van der Waals surface area contributed by atoms with E-state index >= 15 is 0 Å². The van der Waals surface area contributed by atoms with E-state index in [2.05, 4.69) is 10.3 Å². The Morgan fingerprint density at radius 3 is 2.67 bits per heavy atom. The van der Waals surface area contributed by atoms with Crippen molar-refractivity contribution in [3.63, 3.8) is 0 Å². The number of nitrogens with one attached hydrogen (secondary N) is 1. The van der Waals surface area contributed by atoms with Crippen molar-refractivity contribution in [3.05, 3.63) is 29.6 Å². The molecule has 5 N–H and O–H groups in total. The highest BCUT2D eigenvalue weighted by atomic mass is 16.4. The monoisotopic (exact) mass is 253 g/mol. The van der Waals surface area contributed by atoms with Gasteiger partial charge in [-0.2, -0.15) is 0 Å². The van der Waals surface area contributed by atoms with E-state index in [1.54, 1.807) is 0 Å². The maximum absolute atomic E-state index is 11.6. The number of carboxylic acids is 1. The molecule has 1 aromatic rings. The van der Waals surface area contributed by atoms with Crippen LogP contribution < -0.4 is 11.1 Å². The summed E-state index contributed by atoms with van der Waals surface area (Å²) in [4.78, 5) is 36.6. The summed E-state index contributed by atoms with van der Waals surface area (Å²) < 4.78 is 0. The number of carbonyl (C=O) groups is 3. The first-order valence-electron chi connectivity index (χ1n) is 4.87. The minimum Gasteiger partial charge on any atom is -0.478 e. The number of hydrogen-bond acceptors (Lipinski definition) is 5. The van der Waals surface area contributed by atoms with Gasteiger partial charge in [0.1, 0.15) is 11.8 Å². The van der Waals surface area contributed by atoms with Gasteiger partial charge in [-0.05, 0) is 12.1 Å². The molecular weight excluding hydrogens is 242 g/mol. The quantitative estimate of drug-likeness (QED) is 0.495. The van der Waals surface area contributed by atoms with Gasteiger partial charge in [-0.1, -0.05) is 0 Å². The van der Waals surface area contributed by atoms with E-state index in [0.29, 0.717) is 0 Å². The van der Waals surface area contributed by atoms with Gasteiger partial charge in [-0.15, -0.1) is 0 Å². The second-order valence-corrected chi connectivity index (χ2v) is 3.33. The number of aliphatic hydroxyl groups is 1. The summed E-state index contributed by atoms with van der Waals surface area (Å²) in [5.41, 5.74) is 4.21. The zero-order valence-electron chi connectivity index (χ0n) is 9.16. The Bertz CT molecular complexity index is 488. The number of carboxylic acid groups (broad SMARTS) is 1. The fraction of sp³-hybridized carbons (Fsp3) is 0.200. The average molecular weight is 253 g/mol. The number of nitrogens with zero attached hydrogens (tertiary/aromatic N) is 1. The maximum Gasteiger partial charge on any atom is 0.338 e. The Morgan fingerprint density at radius 1 is 1.44 bits per heavy atom. The largest absolute Gasteiger partial charge is 0.478 e. The van der Waals surface area contributed by atoms with Crippen LogP contribution >= 0.6 is 0 Å². The summed E-state index contributed by atoms with van der Waals surface area (Å²) in [6.07, 6.45) is -0.280. The van der Waals surface area contributed by atoms with Crippen LogP contribution in [0.3, 0.4) is 0 Å². The Balaban J connectivity index is 2.79. The number of carbonyl (C=O) groups excluding carboxylic acids is 2. The van der Waals surface area contributed by atoms with Crippen LogP contribution in [0.4, 0.5) is 0 Å². The Hall–Kier alpha value is -2.48. The predicted molar refractivity (Wildman–Crippen MR) is 58.7 cm³/mol. The van der Waals surface area contributed by atoms with E-state index in [0.717, 1.165) is 0 Å². The molecule has 0 bridgehead atoms.